The Hall–Kier alpha value is -2.68. The summed E-state index contributed by atoms with van der Waals surface area (Å²) in [4.78, 5) is 11.8. The average molecular weight is 490 g/mol. The summed E-state index contributed by atoms with van der Waals surface area (Å²) >= 11 is 3.40. The highest BCUT2D eigenvalue weighted by Crippen LogP contribution is 2.15. The highest BCUT2D eigenvalue weighted by atomic mass is 79.9. The molecule has 0 aromatic heterocycles. The highest BCUT2D eigenvalue weighted by Gasteiger charge is 2.09. The van der Waals surface area contributed by atoms with E-state index in [1.54, 1.807) is 24.3 Å². The van der Waals surface area contributed by atoms with E-state index in [2.05, 4.69) is 40.0 Å². The van der Waals surface area contributed by atoms with E-state index in [0.29, 0.717) is 12.1 Å². The van der Waals surface area contributed by atoms with Crippen molar-refractivity contribution >= 4 is 34.6 Å². The van der Waals surface area contributed by atoms with E-state index in [-0.39, 0.29) is 17.1 Å². The van der Waals surface area contributed by atoms with Crippen molar-refractivity contribution in [3.05, 3.63) is 94.7 Å². The van der Waals surface area contributed by atoms with Crippen LogP contribution in [0.25, 0.3) is 0 Å². The summed E-state index contributed by atoms with van der Waals surface area (Å²) < 4.78 is 13.1. The molecule has 0 aliphatic rings. The summed E-state index contributed by atoms with van der Waals surface area (Å²) in [5, 5.41) is 29.1. The van der Waals surface area contributed by atoms with Crippen molar-refractivity contribution in [1.82, 2.24) is 0 Å². The summed E-state index contributed by atoms with van der Waals surface area (Å²) in [7, 11) is -1.59. The molecule has 8 heteroatoms. The second-order valence-corrected chi connectivity index (χ2v) is 7.49. The molecule has 0 saturated heterocycles. The van der Waals surface area contributed by atoms with Gasteiger partial charge in [0.25, 0.3) is 0 Å². The number of nitrogens with one attached hydrogen (secondary N) is 1. The topological polar surface area (TPSA) is 89.8 Å². The molecule has 0 bridgehead atoms. The Bertz CT molecular complexity index is 893. The maximum Gasteiger partial charge on any atom is 0.488 e. The van der Waals surface area contributed by atoms with Gasteiger partial charge in [-0.2, -0.15) is 0 Å². The molecule has 0 fully saturated rings. The predicted molar refractivity (Wildman–Crippen MR) is 127 cm³/mol. The number of halogens is 2. The summed E-state index contributed by atoms with van der Waals surface area (Å²) in [5.41, 5.74) is 2.10. The van der Waals surface area contributed by atoms with Crippen LogP contribution in [0.15, 0.2) is 89.1 Å². The van der Waals surface area contributed by atoms with Gasteiger partial charge in [0, 0.05) is 16.6 Å². The number of amides is 1. The molecular formula is C23H26BBrFNO4. The lowest BCUT2D eigenvalue weighted by molar-refractivity contribution is -0.116. The van der Waals surface area contributed by atoms with Gasteiger partial charge in [-0.05, 0) is 73.3 Å². The Morgan fingerprint density at radius 2 is 1.74 bits per heavy atom. The molecule has 0 saturated carbocycles. The SMILES string of the molecule is C=C/C(=C\C=C(/C)F)B(O)O.O=C(CCCc1ccc(Br)cc1)Nc1ccc(O)cc1. The Balaban J connectivity index is 0.000000373. The van der Waals surface area contributed by atoms with Crippen molar-refractivity contribution in [1.29, 1.82) is 0 Å². The number of anilines is 1. The van der Waals surface area contributed by atoms with Crippen molar-refractivity contribution in [3.8, 4) is 5.75 Å². The Labute approximate surface area is 190 Å². The minimum absolute atomic E-state index is 0.00667. The van der Waals surface area contributed by atoms with Crippen LogP contribution >= 0.6 is 15.9 Å². The smallest absolute Gasteiger partial charge is 0.488 e. The molecule has 0 spiro atoms. The van der Waals surface area contributed by atoms with Gasteiger partial charge in [0.1, 0.15) is 5.75 Å². The molecule has 0 radical (unpaired) electrons. The van der Waals surface area contributed by atoms with Crippen LogP contribution in [0, 0.1) is 0 Å². The molecule has 0 unspecified atom stereocenters. The van der Waals surface area contributed by atoms with E-state index in [4.69, 9.17) is 15.2 Å². The predicted octanol–water partition coefficient (Wildman–Crippen LogP) is 5.10. The fourth-order valence-corrected chi connectivity index (χ4v) is 2.61. The zero-order valence-electron chi connectivity index (χ0n) is 17.3. The van der Waals surface area contributed by atoms with E-state index in [1.807, 2.05) is 12.1 Å². The molecule has 164 valence electrons. The van der Waals surface area contributed by atoms with Gasteiger partial charge >= 0.3 is 7.12 Å². The standard InChI is InChI=1S/C16H16BrNO2.C7H10BFO2/c17-13-6-4-12(5-7-13)2-1-3-16(20)18-14-8-10-15(19)11-9-14;1-3-7(8(10)11)5-4-6(2)9/h4-11,19H,1-3H2,(H,18,20);3-5,10-11H,1H2,2H3/b;6-4+,7-5+. The molecule has 1 amide bonds. The number of rotatable bonds is 8. The number of aryl methyl sites for hydroxylation is 1. The zero-order valence-corrected chi connectivity index (χ0v) is 18.8. The Morgan fingerprint density at radius 1 is 1.13 bits per heavy atom. The summed E-state index contributed by atoms with van der Waals surface area (Å²) in [6, 6.07) is 14.6. The quantitative estimate of drug-likeness (QED) is 0.236. The van der Waals surface area contributed by atoms with Crippen LogP contribution in [0.1, 0.15) is 25.3 Å². The number of allylic oxidation sites excluding steroid dienone is 5. The Morgan fingerprint density at radius 3 is 2.26 bits per heavy atom. The molecule has 2 rings (SSSR count). The second-order valence-electron chi connectivity index (χ2n) is 6.57. The lowest BCUT2D eigenvalue weighted by Crippen LogP contribution is -2.13. The second kappa shape index (κ2) is 14.4. The van der Waals surface area contributed by atoms with Crippen molar-refractivity contribution < 1.29 is 24.3 Å². The Kier molecular flexibility index (Phi) is 12.2. The molecule has 2 aromatic rings. The van der Waals surface area contributed by atoms with Crippen LogP contribution in [0.2, 0.25) is 0 Å². The van der Waals surface area contributed by atoms with Crippen molar-refractivity contribution in [2.24, 2.45) is 0 Å². The van der Waals surface area contributed by atoms with E-state index < -0.39 is 12.9 Å². The van der Waals surface area contributed by atoms with Crippen LogP contribution in [-0.4, -0.2) is 28.2 Å². The first-order valence-electron chi connectivity index (χ1n) is 9.57. The zero-order chi connectivity index (χ0) is 23.2. The molecule has 5 nitrogen and oxygen atoms in total. The fourth-order valence-electron chi connectivity index (χ4n) is 2.34. The first-order valence-corrected chi connectivity index (χ1v) is 10.4. The van der Waals surface area contributed by atoms with Crippen molar-refractivity contribution in [3.63, 3.8) is 0 Å². The van der Waals surface area contributed by atoms with Gasteiger partial charge in [-0.25, -0.2) is 4.39 Å². The van der Waals surface area contributed by atoms with E-state index in [9.17, 15) is 9.18 Å². The normalized spacial score (nSPS) is 11.3. The van der Waals surface area contributed by atoms with Gasteiger partial charge in [-0.1, -0.05) is 46.8 Å². The van der Waals surface area contributed by atoms with Crippen LogP contribution in [0.5, 0.6) is 5.75 Å². The largest absolute Gasteiger partial charge is 0.508 e. The third kappa shape index (κ3) is 11.9. The lowest BCUT2D eigenvalue weighted by atomic mass is 9.79. The maximum absolute atomic E-state index is 12.1. The molecule has 31 heavy (non-hydrogen) atoms. The van der Waals surface area contributed by atoms with Gasteiger partial charge in [0.05, 0.1) is 5.83 Å². The third-order valence-corrected chi connectivity index (χ3v) is 4.50. The first-order chi connectivity index (χ1) is 14.7. The molecule has 4 N–H and O–H groups in total. The number of carbonyl (C=O) groups excluding carboxylic acids is 1. The molecular weight excluding hydrogens is 464 g/mol. The number of aromatic hydroxyl groups is 1. The minimum Gasteiger partial charge on any atom is -0.508 e. The maximum atomic E-state index is 12.1. The molecule has 0 aliphatic carbocycles. The average Bonchev–Trinajstić information content (AvgIpc) is 2.72. The molecule has 0 heterocycles. The van der Waals surface area contributed by atoms with Crippen LogP contribution in [-0.2, 0) is 11.2 Å². The van der Waals surface area contributed by atoms with Crippen LogP contribution in [0.4, 0.5) is 10.1 Å². The minimum atomic E-state index is -1.59. The van der Waals surface area contributed by atoms with Crippen LogP contribution in [0.3, 0.4) is 0 Å². The summed E-state index contributed by atoms with van der Waals surface area (Å²) in [5.74, 6) is -0.212. The van der Waals surface area contributed by atoms with Crippen molar-refractivity contribution in [2.45, 2.75) is 26.2 Å². The van der Waals surface area contributed by atoms with E-state index in [0.717, 1.165) is 23.4 Å². The fraction of sp³-hybridized carbons (Fsp3) is 0.174. The number of benzene rings is 2. The number of phenols is 1. The summed E-state index contributed by atoms with van der Waals surface area (Å²) in [6.45, 7) is 4.59. The van der Waals surface area contributed by atoms with Crippen molar-refractivity contribution in [2.75, 3.05) is 5.32 Å². The van der Waals surface area contributed by atoms with Gasteiger partial charge in [-0.15, -0.1) is 0 Å². The third-order valence-electron chi connectivity index (χ3n) is 3.97. The number of carbonyl (C=O) groups is 1. The number of hydrogen-bond acceptors (Lipinski definition) is 4. The molecule has 0 atom stereocenters. The van der Waals surface area contributed by atoms with Gasteiger partial charge < -0.3 is 20.5 Å². The van der Waals surface area contributed by atoms with Gasteiger partial charge in [0.15, 0.2) is 0 Å². The molecule has 2 aromatic carbocycles. The van der Waals surface area contributed by atoms with E-state index in [1.165, 1.54) is 24.6 Å². The highest BCUT2D eigenvalue weighted by molar-refractivity contribution is 9.10. The number of phenolic OH excluding ortho intramolecular Hbond substituents is 1. The number of hydrogen-bond donors (Lipinski definition) is 4. The first kappa shape index (κ1) is 26.4. The van der Waals surface area contributed by atoms with Gasteiger partial charge in [0.2, 0.25) is 5.91 Å². The van der Waals surface area contributed by atoms with Gasteiger partial charge in [-0.3, -0.25) is 4.79 Å². The van der Waals surface area contributed by atoms with E-state index >= 15 is 0 Å². The summed E-state index contributed by atoms with van der Waals surface area (Å²) in [6.07, 6.45) is 5.83. The monoisotopic (exact) mass is 489 g/mol. The van der Waals surface area contributed by atoms with Crippen LogP contribution < -0.4 is 5.32 Å². The molecule has 0 aliphatic heterocycles. The lowest BCUT2D eigenvalue weighted by Gasteiger charge is -2.05.